The Morgan fingerprint density at radius 3 is 2.85 bits per heavy atom. The van der Waals surface area contributed by atoms with E-state index in [2.05, 4.69) is 9.97 Å². The molecule has 66 valence electrons. The van der Waals surface area contributed by atoms with Crippen molar-refractivity contribution in [2.75, 3.05) is 0 Å². The molecule has 0 amide bonds. The van der Waals surface area contributed by atoms with Crippen molar-refractivity contribution in [2.24, 2.45) is 0 Å². The molecule has 1 N–H and O–H groups in total. The first-order chi connectivity index (χ1) is 6.42. The van der Waals surface area contributed by atoms with Crippen molar-refractivity contribution in [3.63, 3.8) is 0 Å². The SMILES string of the molecule is ClCc1ccccc1-c1ncc[nH]1. The molecular formula is C10H9ClN2. The van der Waals surface area contributed by atoms with Gasteiger partial charge in [-0.3, -0.25) is 0 Å². The van der Waals surface area contributed by atoms with Crippen molar-refractivity contribution in [3.8, 4) is 11.4 Å². The van der Waals surface area contributed by atoms with E-state index in [1.807, 2.05) is 24.3 Å². The Kier molecular flexibility index (Phi) is 2.32. The molecule has 3 heteroatoms. The zero-order valence-corrected chi connectivity index (χ0v) is 7.75. The number of aromatic nitrogens is 2. The van der Waals surface area contributed by atoms with E-state index in [0.717, 1.165) is 17.0 Å². The number of aromatic amines is 1. The van der Waals surface area contributed by atoms with Crippen LogP contribution >= 0.6 is 11.6 Å². The normalized spacial score (nSPS) is 10.2. The highest BCUT2D eigenvalue weighted by Crippen LogP contribution is 2.20. The van der Waals surface area contributed by atoms with Gasteiger partial charge in [0, 0.05) is 23.8 Å². The summed E-state index contributed by atoms with van der Waals surface area (Å²) in [5.41, 5.74) is 2.17. The van der Waals surface area contributed by atoms with Crippen molar-refractivity contribution in [1.82, 2.24) is 9.97 Å². The van der Waals surface area contributed by atoms with Gasteiger partial charge in [0.1, 0.15) is 5.82 Å². The van der Waals surface area contributed by atoms with Gasteiger partial charge in [-0.1, -0.05) is 24.3 Å². The lowest BCUT2D eigenvalue weighted by Crippen LogP contribution is -1.86. The molecule has 0 saturated heterocycles. The lowest BCUT2D eigenvalue weighted by Gasteiger charge is -2.02. The third-order valence-corrected chi connectivity index (χ3v) is 2.20. The fourth-order valence-electron chi connectivity index (χ4n) is 1.28. The maximum absolute atomic E-state index is 5.81. The Hall–Kier alpha value is -1.28. The first-order valence-electron chi connectivity index (χ1n) is 4.05. The number of imidazole rings is 1. The predicted molar refractivity (Wildman–Crippen MR) is 53.6 cm³/mol. The summed E-state index contributed by atoms with van der Waals surface area (Å²) in [5.74, 6) is 1.38. The van der Waals surface area contributed by atoms with Crippen molar-refractivity contribution in [2.45, 2.75) is 5.88 Å². The Balaban J connectivity index is 2.51. The molecule has 0 bridgehead atoms. The summed E-state index contributed by atoms with van der Waals surface area (Å²) in [7, 11) is 0. The Bertz CT molecular complexity index is 382. The molecule has 13 heavy (non-hydrogen) atoms. The zero-order chi connectivity index (χ0) is 9.10. The molecule has 2 nitrogen and oxygen atoms in total. The van der Waals surface area contributed by atoms with Crippen LogP contribution in [0.2, 0.25) is 0 Å². The van der Waals surface area contributed by atoms with E-state index >= 15 is 0 Å². The van der Waals surface area contributed by atoms with Gasteiger partial charge in [-0.05, 0) is 5.56 Å². The number of H-pyrrole nitrogens is 1. The summed E-state index contributed by atoms with van der Waals surface area (Å²) in [4.78, 5) is 7.24. The maximum atomic E-state index is 5.81. The van der Waals surface area contributed by atoms with Crippen LogP contribution in [0.5, 0.6) is 0 Å². The lowest BCUT2D eigenvalue weighted by atomic mass is 10.1. The summed E-state index contributed by atoms with van der Waals surface area (Å²) in [6, 6.07) is 7.97. The molecule has 1 aromatic heterocycles. The van der Waals surface area contributed by atoms with Gasteiger partial charge < -0.3 is 4.98 Å². The van der Waals surface area contributed by atoms with Crippen molar-refractivity contribution >= 4 is 11.6 Å². The average Bonchev–Trinajstić information content (AvgIpc) is 2.70. The number of nitrogens with one attached hydrogen (secondary N) is 1. The summed E-state index contributed by atoms with van der Waals surface area (Å²) >= 11 is 5.81. The molecule has 0 radical (unpaired) electrons. The Morgan fingerprint density at radius 1 is 1.31 bits per heavy atom. The largest absolute Gasteiger partial charge is 0.345 e. The average molecular weight is 193 g/mol. The van der Waals surface area contributed by atoms with Crippen LogP contribution in [0, 0.1) is 0 Å². The first kappa shape index (κ1) is 8.32. The molecule has 0 aliphatic rings. The highest BCUT2D eigenvalue weighted by atomic mass is 35.5. The van der Waals surface area contributed by atoms with Crippen LogP contribution in [0.1, 0.15) is 5.56 Å². The van der Waals surface area contributed by atoms with Crippen LogP contribution in [0.3, 0.4) is 0 Å². The smallest absolute Gasteiger partial charge is 0.137 e. The van der Waals surface area contributed by atoms with Gasteiger partial charge in [-0.2, -0.15) is 0 Å². The van der Waals surface area contributed by atoms with Gasteiger partial charge in [-0.25, -0.2) is 4.98 Å². The van der Waals surface area contributed by atoms with Gasteiger partial charge in [0.05, 0.1) is 0 Å². The van der Waals surface area contributed by atoms with E-state index in [9.17, 15) is 0 Å². The predicted octanol–water partition coefficient (Wildman–Crippen LogP) is 2.82. The number of benzene rings is 1. The van der Waals surface area contributed by atoms with Gasteiger partial charge in [-0.15, -0.1) is 11.6 Å². The van der Waals surface area contributed by atoms with E-state index < -0.39 is 0 Å². The summed E-state index contributed by atoms with van der Waals surface area (Å²) in [6.45, 7) is 0. The second kappa shape index (κ2) is 3.62. The maximum Gasteiger partial charge on any atom is 0.137 e. The summed E-state index contributed by atoms with van der Waals surface area (Å²) < 4.78 is 0. The zero-order valence-electron chi connectivity index (χ0n) is 7.00. The van der Waals surface area contributed by atoms with Crippen LogP contribution in [0.4, 0.5) is 0 Å². The Labute approximate surface area is 81.6 Å². The second-order valence-corrected chi connectivity index (χ2v) is 3.00. The topological polar surface area (TPSA) is 28.7 Å². The molecule has 0 fully saturated rings. The standard InChI is InChI=1S/C10H9ClN2/c11-7-8-3-1-2-4-9(8)10-12-5-6-13-10/h1-6H,7H2,(H,12,13). The molecule has 0 unspecified atom stereocenters. The molecule has 0 spiro atoms. The summed E-state index contributed by atoms with van der Waals surface area (Å²) in [5, 5.41) is 0. The van der Waals surface area contributed by atoms with E-state index in [0.29, 0.717) is 5.88 Å². The van der Waals surface area contributed by atoms with Crippen molar-refractivity contribution in [3.05, 3.63) is 42.2 Å². The lowest BCUT2D eigenvalue weighted by molar-refractivity contribution is 1.27. The van der Waals surface area contributed by atoms with E-state index in [1.165, 1.54) is 0 Å². The monoisotopic (exact) mass is 192 g/mol. The van der Waals surface area contributed by atoms with Gasteiger partial charge in [0.2, 0.25) is 0 Å². The van der Waals surface area contributed by atoms with Crippen LogP contribution in [-0.2, 0) is 5.88 Å². The minimum atomic E-state index is 0.511. The van der Waals surface area contributed by atoms with Crippen LogP contribution in [0.25, 0.3) is 11.4 Å². The second-order valence-electron chi connectivity index (χ2n) is 2.73. The molecule has 0 aliphatic heterocycles. The highest BCUT2D eigenvalue weighted by Gasteiger charge is 2.03. The van der Waals surface area contributed by atoms with Crippen molar-refractivity contribution in [1.29, 1.82) is 0 Å². The molecule has 0 atom stereocenters. The van der Waals surface area contributed by atoms with E-state index in [4.69, 9.17) is 11.6 Å². The van der Waals surface area contributed by atoms with E-state index in [-0.39, 0.29) is 0 Å². The fourth-order valence-corrected chi connectivity index (χ4v) is 1.51. The third-order valence-electron chi connectivity index (χ3n) is 1.91. The van der Waals surface area contributed by atoms with Crippen molar-refractivity contribution < 1.29 is 0 Å². The minimum Gasteiger partial charge on any atom is -0.345 e. The first-order valence-corrected chi connectivity index (χ1v) is 4.59. The van der Waals surface area contributed by atoms with Gasteiger partial charge in [0.15, 0.2) is 0 Å². The number of hydrogen-bond acceptors (Lipinski definition) is 1. The highest BCUT2D eigenvalue weighted by molar-refractivity contribution is 6.17. The molecule has 1 heterocycles. The number of halogens is 1. The van der Waals surface area contributed by atoms with Gasteiger partial charge >= 0.3 is 0 Å². The molecule has 2 aromatic rings. The quantitative estimate of drug-likeness (QED) is 0.729. The molecule has 0 aliphatic carbocycles. The fraction of sp³-hybridized carbons (Fsp3) is 0.100. The van der Waals surface area contributed by atoms with Crippen LogP contribution in [-0.4, -0.2) is 9.97 Å². The van der Waals surface area contributed by atoms with Gasteiger partial charge in [0.25, 0.3) is 0 Å². The Morgan fingerprint density at radius 2 is 2.15 bits per heavy atom. The molecular weight excluding hydrogens is 184 g/mol. The number of nitrogens with zero attached hydrogens (tertiary/aromatic N) is 1. The van der Waals surface area contributed by atoms with Crippen LogP contribution in [0.15, 0.2) is 36.7 Å². The number of hydrogen-bond donors (Lipinski definition) is 1. The molecule has 2 rings (SSSR count). The molecule has 0 saturated carbocycles. The number of alkyl halides is 1. The third kappa shape index (κ3) is 1.58. The van der Waals surface area contributed by atoms with Crippen LogP contribution < -0.4 is 0 Å². The number of rotatable bonds is 2. The van der Waals surface area contributed by atoms with E-state index in [1.54, 1.807) is 12.4 Å². The minimum absolute atomic E-state index is 0.511. The molecule has 1 aromatic carbocycles. The summed E-state index contributed by atoms with van der Waals surface area (Å²) in [6.07, 6.45) is 3.54.